The first-order valence-electron chi connectivity index (χ1n) is 8.88. The lowest BCUT2D eigenvalue weighted by molar-refractivity contribution is -0.127. The number of carbonyl (C=O) groups excluding carboxylic acids is 1. The molecule has 2 aromatic rings. The standard InChI is InChI=1S/C20H25ClN4O/c1-15-4-6-17(7-5-15)14-25-20(21)18(16(2)22-25)8-9-19(26)24-12-10-23(3)11-13-24/h4-9H,10-14H2,1-3H3. The Hall–Kier alpha value is -2.11. The first-order chi connectivity index (χ1) is 12.4. The van der Waals surface area contributed by atoms with Gasteiger partial charge < -0.3 is 9.80 Å². The normalized spacial score (nSPS) is 15.8. The van der Waals surface area contributed by atoms with Crippen LogP contribution >= 0.6 is 11.6 Å². The second-order valence-corrected chi connectivity index (χ2v) is 7.25. The highest BCUT2D eigenvalue weighted by atomic mass is 35.5. The summed E-state index contributed by atoms with van der Waals surface area (Å²) in [7, 11) is 2.07. The molecule has 3 rings (SSSR count). The molecular formula is C20H25ClN4O. The first kappa shape index (κ1) is 18.7. The van der Waals surface area contributed by atoms with Crippen molar-refractivity contribution >= 4 is 23.6 Å². The number of likely N-dealkylation sites (N-methyl/N-ethyl adjacent to an activating group) is 1. The lowest BCUT2D eigenvalue weighted by atomic mass is 10.1. The summed E-state index contributed by atoms with van der Waals surface area (Å²) in [4.78, 5) is 16.5. The van der Waals surface area contributed by atoms with Gasteiger partial charge in [0, 0.05) is 37.8 Å². The monoisotopic (exact) mass is 372 g/mol. The summed E-state index contributed by atoms with van der Waals surface area (Å²) in [6, 6.07) is 8.31. The molecule has 1 saturated heterocycles. The highest BCUT2D eigenvalue weighted by Crippen LogP contribution is 2.22. The van der Waals surface area contributed by atoms with Crippen LogP contribution in [0.2, 0.25) is 5.15 Å². The van der Waals surface area contributed by atoms with E-state index in [1.54, 1.807) is 16.8 Å². The summed E-state index contributed by atoms with van der Waals surface area (Å²) in [6.07, 6.45) is 3.40. The number of piperazine rings is 1. The van der Waals surface area contributed by atoms with Crippen LogP contribution in [-0.2, 0) is 11.3 Å². The number of aromatic nitrogens is 2. The predicted octanol–water partition coefficient (Wildman–Crippen LogP) is 2.99. The molecule has 0 spiro atoms. The Morgan fingerprint density at radius 1 is 1.15 bits per heavy atom. The third kappa shape index (κ3) is 4.34. The average molecular weight is 373 g/mol. The van der Waals surface area contributed by atoms with Crippen molar-refractivity contribution in [3.8, 4) is 0 Å². The van der Waals surface area contributed by atoms with Gasteiger partial charge in [-0.15, -0.1) is 0 Å². The van der Waals surface area contributed by atoms with Crippen molar-refractivity contribution in [3.05, 3.63) is 57.9 Å². The van der Waals surface area contributed by atoms with Crippen LogP contribution in [0.4, 0.5) is 0 Å². The molecule has 26 heavy (non-hydrogen) atoms. The number of benzene rings is 1. The van der Waals surface area contributed by atoms with Crippen LogP contribution in [-0.4, -0.2) is 58.7 Å². The smallest absolute Gasteiger partial charge is 0.246 e. The van der Waals surface area contributed by atoms with Gasteiger partial charge >= 0.3 is 0 Å². The Labute approximate surface area is 159 Å². The molecule has 0 aliphatic carbocycles. The molecule has 2 heterocycles. The minimum Gasteiger partial charge on any atom is -0.337 e. The Kier molecular flexibility index (Phi) is 5.79. The Morgan fingerprint density at radius 3 is 2.46 bits per heavy atom. The van der Waals surface area contributed by atoms with Crippen LogP contribution in [0.15, 0.2) is 30.3 Å². The van der Waals surface area contributed by atoms with Crippen LogP contribution in [0.1, 0.15) is 22.4 Å². The minimum absolute atomic E-state index is 0.0276. The quantitative estimate of drug-likeness (QED) is 0.775. The summed E-state index contributed by atoms with van der Waals surface area (Å²) < 4.78 is 1.78. The van der Waals surface area contributed by atoms with E-state index in [1.165, 1.54) is 5.56 Å². The zero-order chi connectivity index (χ0) is 18.7. The molecule has 0 bridgehead atoms. The fourth-order valence-corrected chi connectivity index (χ4v) is 3.31. The number of rotatable bonds is 4. The van der Waals surface area contributed by atoms with Crippen molar-refractivity contribution in [2.45, 2.75) is 20.4 Å². The van der Waals surface area contributed by atoms with E-state index < -0.39 is 0 Å². The summed E-state index contributed by atoms with van der Waals surface area (Å²) in [5, 5.41) is 5.09. The molecule has 1 amide bonds. The van der Waals surface area contributed by atoms with Crippen LogP contribution in [0.3, 0.4) is 0 Å². The molecule has 5 nitrogen and oxygen atoms in total. The van der Waals surface area contributed by atoms with Crippen LogP contribution in [0.25, 0.3) is 6.08 Å². The fraction of sp³-hybridized carbons (Fsp3) is 0.400. The summed E-state index contributed by atoms with van der Waals surface area (Å²) in [5.41, 5.74) is 4.00. The molecule has 6 heteroatoms. The zero-order valence-electron chi connectivity index (χ0n) is 15.6. The van der Waals surface area contributed by atoms with Gasteiger partial charge in [-0.05, 0) is 32.5 Å². The number of nitrogens with zero attached hydrogens (tertiary/aromatic N) is 4. The third-order valence-electron chi connectivity index (χ3n) is 4.77. The second kappa shape index (κ2) is 8.06. The highest BCUT2D eigenvalue weighted by molar-refractivity contribution is 6.31. The van der Waals surface area contributed by atoms with Crippen LogP contribution in [0.5, 0.6) is 0 Å². The van der Waals surface area contributed by atoms with Crippen molar-refractivity contribution in [2.75, 3.05) is 33.2 Å². The van der Waals surface area contributed by atoms with Crippen LogP contribution < -0.4 is 0 Å². The molecule has 1 fully saturated rings. The van der Waals surface area contributed by atoms with Gasteiger partial charge in [-0.1, -0.05) is 41.4 Å². The predicted molar refractivity (Wildman–Crippen MR) is 105 cm³/mol. The number of halogens is 1. The number of hydrogen-bond donors (Lipinski definition) is 0. The molecular weight excluding hydrogens is 348 g/mol. The molecule has 1 aromatic heterocycles. The van der Waals surface area contributed by atoms with Gasteiger partial charge in [0.05, 0.1) is 12.2 Å². The van der Waals surface area contributed by atoms with E-state index in [9.17, 15) is 4.79 Å². The van der Waals surface area contributed by atoms with E-state index in [0.29, 0.717) is 11.7 Å². The molecule has 1 aliphatic heterocycles. The average Bonchev–Trinajstić information content (AvgIpc) is 2.89. The van der Waals surface area contributed by atoms with Crippen molar-refractivity contribution in [1.82, 2.24) is 19.6 Å². The largest absolute Gasteiger partial charge is 0.337 e. The molecule has 1 aliphatic rings. The Bertz CT molecular complexity index is 802. The van der Waals surface area contributed by atoms with Gasteiger partial charge in [0.15, 0.2) is 0 Å². The number of hydrogen-bond acceptors (Lipinski definition) is 3. The van der Waals surface area contributed by atoms with Crippen molar-refractivity contribution in [1.29, 1.82) is 0 Å². The molecule has 0 atom stereocenters. The number of amides is 1. The highest BCUT2D eigenvalue weighted by Gasteiger charge is 2.17. The number of carbonyl (C=O) groups is 1. The van der Waals surface area contributed by atoms with Gasteiger partial charge in [0.1, 0.15) is 5.15 Å². The van der Waals surface area contributed by atoms with E-state index in [-0.39, 0.29) is 5.91 Å². The molecule has 138 valence electrons. The molecule has 0 radical (unpaired) electrons. The fourth-order valence-electron chi connectivity index (χ4n) is 3.01. The minimum atomic E-state index is 0.0276. The second-order valence-electron chi connectivity index (χ2n) is 6.90. The molecule has 0 N–H and O–H groups in total. The summed E-state index contributed by atoms with van der Waals surface area (Å²) in [5.74, 6) is 0.0276. The summed E-state index contributed by atoms with van der Waals surface area (Å²) >= 11 is 6.52. The molecule has 0 unspecified atom stereocenters. The van der Waals surface area contributed by atoms with E-state index in [4.69, 9.17) is 11.6 Å². The van der Waals surface area contributed by atoms with Gasteiger partial charge in [-0.2, -0.15) is 5.10 Å². The third-order valence-corrected chi connectivity index (χ3v) is 5.17. The lowest BCUT2D eigenvalue weighted by Gasteiger charge is -2.31. The Morgan fingerprint density at radius 2 is 1.81 bits per heavy atom. The van der Waals surface area contributed by atoms with Gasteiger partial charge in [-0.3, -0.25) is 4.79 Å². The van der Waals surface area contributed by atoms with Crippen LogP contribution in [0, 0.1) is 13.8 Å². The van der Waals surface area contributed by atoms with E-state index >= 15 is 0 Å². The molecule has 0 saturated carbocycles. The van der Waals surface area contributed by atoms with Gasteiger partial charge in [-0.25, -0.2) is 4.68 Å². The van der Waals surface area contributed by atoms with Crippen molar-refractivity contribution < 1.29 is 4.79 Å². The molecule has 1 aromatic carbocycles. The van der Waals surface area contributed by atoms with E-state index in [1.807, 2.05) is 11.8 Å². The SMILES string of the molecule is Cc1ccc(Cn2nc(C)c(C=CC(=O)N3CCN(C)CC3)c2Cl)cc1. The van der Waals surface area contributed by atoms with Gasteiger partial charge in [0.25, 0.3) is 0 Å². The number of aryl methyl sites for hydroxylation is 2. The topological polar surface area (TPSA) is 41.4 Å². The maximum Gasteiger partial charge on any atom is 0.246 e. The van der Waals surface area contributed by atoms with Crippen molar-refractivity contribution in [3.63, 3.8) is 0 Å². The Balaban J connectivity index is 1.71. The maximum absolute atomic E-state index is 12.4. The van der Waals surface area contributed by atoms with E-state index in [0.717, 1.165) is 43.0 Å². The van der Waals surface area contributed by atoms with Crippen molar-refractivity contribution in [2.24, 2.45) is 0 Å². The zero-order valence-corrected chi connectivity index (χ0v) is 16.3. The maximum atomic E-state index is 12.4. The van der Waals surface area contributed by atoms with E-state index in [2.05, 4.69) is 48.2 Å². The first-order valence-corrected chi connectivity index (χ1v) is 9.26. The van der Waals surface area contributed by atoms with Gasteiger partial charge in [0.2, 0.25) is 5.91 Å². The summed E-state index contributed by atoms with van der Waals surface area (Å²) in [6.45, 7) is 7.94. The lowest BCUT2D eigenvalue weighted by Crippen LogP contribution is -2.46.